The monoisotopic (exact) mass is 300 g/mol. The van der Waals surface area contributed by atoms with Gasteiger partial charge in [-0.2, -0.15) is 0 Å². The molecule has 1 rings (SSSR count). The molecule has 0 saturated carbocycles. The average molecular weight is 300 g/mol. The lowest BCUT2D eigenvalue weighted by Gasteiger charge is -2.20. The first-order valence-electron chi connectivity index (χ1n) is 6.76. The predicted octanol–water partition coefficient (Wildman–Crippen LogP) is 1.57. The Bertz CT molecular complexity index is 545. The van der Waals surface area contributed by atoms with Gasteiger partial charge in [-0.1, -0.05) is 0 Å². The highest BCUT2D eigenvalue weighted by Crippen LogP contribution is 2.14. The molecule has 0 amide bonds. The third-order valence-corrected chi connectivity index (χ3v) is 5.30. The molecule has 1 N–H and O–H groups in total. The van der Waals surface area contributed by atoms with E-state index in [1.807, 2.05) is 20.8 Å². The van der Waals surface area contributed by atoms with Crippen LogP contribution in [0.3, 0.4) is 0 Å². The summed E-state index contributed by atoms with van der Waals surface area (Å²) >= 11 is 0. The molecule has 0 aliphatic rings. The molecule has 0 saturated heterocycles. The Hall–Kier alpha value is -1.21. The summed E-state index contributed by atoms with van der Waals surface area (Å²) in [6, 6.07) is 0.137. The molecule has 114 valence electrons. The van der Waals surface area contributed by atoms with Crippen LogP contribution in [0, 0.1) is 13.8 Å². The Morgan fingerprint density at radius 1 is 1.35 bits per heavy atom. The first kappa shape index (κ1) is 16.8. The fraction of sp³-hybridized carbons (Fsp3) is 0.692. The molecular weight excluding hydrogens is 276 g/mol. The third kappa shape index (κ3) is 4.42. The van der Waals surface area contributed by atoms with Crippen LogP contribution in [-0.4, -0.2) is 48.1 Å². The number of rotatable bonds is 7. The van der Waals surface area contributed by atoms with E-state index in [4.69, 9.17) is 0 Å². The SMILES string of the molecule is CCS(=O)(=O)N(C)CCC(C)Nc1ncnc(C)c1C. The Morgan fingerprint density at radius 2 is 2.00 bits per heavy atom. The standard InChI is InChI=1S/C13H24N4O2S/c1-6-20(18,19)17(5)8-7-10(2)16-13-11(3)12(4)14-9-15-13/h9-10H,6-8H2,1-5H3,(H,14,15,16). The van der Waals surface area contributed by atoms with E-state index in [0.717, 1.165) is 23.5 Å². The zero-order chi connectivity index (χ0) is 15.3. The number of hydrogen-bond acceptors (Lipinski definition) is 5. The minimum Gasteiger partial charge on any atom is -0.367 e. The summed E-state index contributed by atoms with van der Waals surface area (Å²) in [5, 5.41) is 3.30. The van der Waals surface area contributed by atoms with E-state index in [0.29, 0.717) is 6.54 Å². The zero-order valence-corrected chi connectivity index (χ0v) is 13.7. The summed E-state index contributed by atoms with van der Waals surface area (Å²) in [6.45, 7) is 8.07. The topological polar surface area (TPSA) is 75.2 Å². The van der Waals surface area contributed by atoms with Crippen LogP contribution in [0.1, 0.15) is 31.5 Å². The van der Waals surface area contributed by atoms with Crippen molar-refractivity contribution in [2.75, 3.05) is 24.7 Å². The van der Waals surface area contributed by atoms with E-state index in [2.05, 4.69) is 15.3 Å². The number of nitrogens with one attached hydrogen (secondary N) is 1. The molecule has 1 atom stereocenters. The molecule has 0 aromatic carbocycles. The van der Waals surface area contributed by atoms with E-state index in [1.54, 1.807) is 14.0 Å². The summed E-state index contributed by atoms with van der Waals surface area (Å²) in [5.74, 6) is 0.946. The molecule has 1 aromatic rings. The average Bonchev–Trinajstić information content (AvgIpc) is 2.41. The van der Waals surface area contributed by atoms with Gasteiger partial charge in [0.05, 0.1) is 5.75 Å². The van der Waals surface area contributed by atoms with Crippen molar-refractivity contribution in [3.05, 3.63) is 17.6 Å². The van der Waals surface area contributed by atoms with Crippen LogP contribution in [0.25, 0.3) is 0 Å². The molecule has 1 unspecified atom stereocenters. The number of aryl methyl sites for hydroxylation is 1. The summed E-state index contributed by atoms with van der Waals surface area (Å²) in [6.07, 6.45) is 2.25. The van der Waals surface area contributed by atoms with Gasteiger partial charge < -0.3 is 5.32 Å². The van der Waals surface area contributed by atoms with Gasteiger partial charge in [0.15, 0.2) is 0 Å². The van der Waals surface area contributed by atoms with Crippen LogP contribution in [0.5, 0.6) is 0 Å². The second kappa shape index (κ2) is 6.99. The third-order valence-electron chi connectivity index (χ3n) is 3.44. The highest BCUT2D eigenvalue weighted by molar-refractivity contribution is 7.89. The van der Waals surface area contributed by atoms with E-state index < -0.39 is 10.0 Å². The van der Waals surface area contributed by atoms with E-state index in [-0.39, 0.29) is 11.8 Å². The Kier molecular flexibility index (Phi) is 5.88. The van der Waals surface area contributed by atoms with E-state index in [1.165, 1.54) is 10.6 Å². The smallest absolute Gasteiger partial charge is 0.213 e. The zero-order valence-electron chi connectivity index (χ0n) is 12.8. The van der Waals surface area contributed by atoms with Gasteiger partial charge in [-0.15, -0.1) is 0 Å². The predicted molar refractivity (Wildman–Crippen MR) is 81.3 cm³/mol. The highest BCUT2D eigenvalue weighted by Gasteiger charge is 2.16. The number of nitrogens with zero attached hydrogens (tertiary/aromatic N) is 3. The Balaban J connectivity index is 2.57. The molecule has 0 radical (unpaired) electrons. The number of anilines is 1. The van der Waals surface area contributed by atoms with Crippen LogP contribution in [-0.2, 0) is 10.0 Å². The van der Waals surface area contributed by atoms with Gasteiger partial charge in [-0.3, -0.25) is 0 Å². The molecule has 0 bridgehead atoms. The molecular formula is C13H24N4O2S. The van der Waals surface area contributed by atoms with Crippen molar-refractivity contribution in [2.24, 2.45) is 0 Å². The normalized spacial score (nSPS) is 13.5. The van der Waals surface area contributed by atoms with Gasteiger partial charge in [-0.05, 0) is 34.1 Å². The molecule has 1 heterocycles. The molecule has 0 aliphatic heterocycles. The lowest BCUT2D eigenvalue weighted by atomic mass is 10.2. The van der Waals surface area contributed by atoms with Crippen molar-refractivity contribution in [1.29, 1.82) is 0 Å². The summed E-state index contributed by atoms with van der Waals surface area (Å²) in [5.41, 5.74) is 1.97. The van der Waals surface area contributed by atoms with Crippen molar-refractivity contribution in [1.82, 2.24) is 14.3 Å². The maximum Gasteiger partial charge on any atom is 0.213 e. The minimum atomic E-state index is -3.10. The van der Waals surface area contributed by atoms with Crippen molar-refractivity contribution in [2.45, 2.75) is 40.2 Å². The van der Waals surface area contributed by atoms with Crippen LogP contribution in [0.4, 0.5) is 5.82 Å². The van der Waals surface area contributed by atoms with Crippen LogP contribution < -0.4 is 5.32 Å². The lowest BCUT2D eigenvalue weighted by molar-refractivity contribution is 0.452. The van der Waals surface area contributed by atoms with Crippen molar-refractivity contribution in [3.8, 4) is 0 Å². The molecule has 6 nitrogen and oxygen atoms in total. The number of aromatic nitrogens is 2. The van der Waals surface area contributed by atoms with Gasteiger partial charge in [-0.25, -0.2) is 22.7 Å². The number of hydrogen-bond donors (Lipinski definition) is 1. The summed E-state index contributed by atoms with van der Waals surface area (Å²) in [4.78, 5) is 8.34. The summed E-state index contributed by atoms with van der Waals surface area (Å²) in [7, 11) is -1.48. The fourth-order valence-electron chi connectivity index (χ4n) is 1.72. The van der Waals surface area contributed by atoms with E-state index >= 15 is 0 Å². The molecule has 0 spiro atoms. The van der Waals surface area contributed by atoms with Crippen molar-refractivity contribution in [3.63, 3.8) is 0 Å². The minimum absolute atomic E-state index is 0.134. The quantitative estimate of drug-likeness (QED) is 0.827. The van der Waals surface area contributed by atoms with Crippen molar-refractivity contribution >= 4 is 15.8 Å². The van der Waals surface area contributed by atoms with Gasteiger partial charge in [0.1, 0.15) is 12.1 Å². The highest BCUT2D eigenvalue weighted by atomic mass is 32.2. The summed E-state index contributed by atoms with van der Waals surface area (Å²) < 4.78 is 24.7. The van der Waals surface area contributed by atoms with Gasteiger partial charge in [0, 0.05) is 30.9 Å². The van der Waals surface area contributed by atoms with Crippen LogP contribution in [0.15, 0.2) is 6.33 Å². The number of sulfonamides is 1. The second-order valence-corrected chi connectivity index (χ2v) is 7.35. The van der Waals surface area contributed by atoms with Gasteiger partial charge in [0.2, 0.25) is 10.0 Å². The van der Waals surface area contributed by atoms with Crippen LogP contribution >= 0.6 is 0 Å². The maximum atomic E-state index is 11.7. The fourth-order valence-corrected chi connectivity index (χ4v) is 2.55. The second-order valence-electron chi connectivity index (χ2n) is 4.99. The van der Waals surface area contributed by atoms with Gasteiger partial charge in [0.25, 0.3) is 0 Å². The maximum absolute atomic E-state index is 11.7. The lowest BCUT2D eigenvalue weighted by Crippen LogP contribution is -2.32. The van der Waals surface area contributed by atoms with Crippen molar-refractivity contribution < 1.29 is 8.42 Å². The molecule has 20 heavy (non-hydrogen) atoms. The molecule has 1 aromatic heterocycles. The first-order chi connectivity index (χ1) is 9.27. The Morgan fingerprint density at radius 3 is 2.60 bits per heavy atom. The largest absolute Gasteiger partial charge is 0.367 e. The van der Waals surface area contributed by atoms with E-state index in [9.17, 15) is 8.42 Å². The van der Waals surface area contributed by atoms with Crippen LogP contribution in [0.2, 0.25) is 0 Å². The van der Waals surface area contributed by atoms with Gasteiger partial charge >= 0.3 is 0 Å². The molecule has 7 heteroatoms. The molecule has 0 fully saturated rings. The Labute approximate surface area is 121 Å². The first-order valence-corrected chi connectivity index (χ1v) is 8.37. The molecule has 0 aliphatic carbocycles.